The summed E-state index contributed by atoms with van der Waals surface area (Å²) in [6.45, 7) is 17.3. The Morgan fingerprint density at radius 2 is 1.77 bits per heavy atom. The molecule has 3 fully saturated rings. The van der Waals surface area contributed by atoms with Crippen molar-refractivity contribution in [3.8, 4) is 0 Å². The van der Waals surface area contributed by atoms with Gasteiger partial charge in [0.05, 0.1) is 30.1 Å². The monoisotopic (exact) mass is 593 g/mol. The summed E-state index contributed by atoms with van der Waals surface area (Å²) >= 11 is 0. The van der Waals surface area contributed by atoms with Crippen molar-refractivity contribution in [3.63, 3.8) is 0 Å². The maximum atomic E-state index is 14.7. The molecule has 3 saturated heterocycles. The highest BCUT2D eigenvalue weighted by Crippen LogP contribution is 2.64. The zero-order valence-corrected chi connectivity index (χ0v) is 26.5. The molecule has 0 saturated carbocycles. The van der Waals surface area contributed by atoms with Gasteiger partial charge in [-0.15, -0.1) is 13.2 Å². The standard InChI is InChI=1S/C35H51N3O5/c1-7-10-14-21-36(19-8-2)33(42)30-35-18-17-34(6,43-35)28(29(35)32(41)38(30)27(24-39)22-25(4)5)31(40)37(20-9-3)23-26-15-12-11-13-16-26/h8-9,11-13,15-16,25,27-30,39H,2-3,7,10,14,17-24H2,1,4-6H3/t27-,28+,29+,30?,34-,35?/m1/s1. The maximum Gasteiger partial charge on any atom is 0.248 e. The van der Waals surface area contributed by atoms with E-state index >= 15 is 0 Å². The Balaban J connectivity index is 1.77. The van der Waals surface area contributed by atoms with E-state index in [1.54, 1.807) is 26.9 Å². The van der Waals surface area contributed by atoms with Crippen molar-refractivity contribution >= 4 is 17.7 Å². The molecule has 3 amide bonds. The second-order valence-electron chi connectivity index (χ2n) is 13.2. The number of unbranched alkanes of at least 4 members (excludes halogenated alkanes) is 2. The first kappa shape index (κ1) is 32.9. The van der Waals surface area contributed by atoms with Gasteiger partial charge in [-0.2, -0.15) is 0 Å². The minimum atomic E-state index is -1.13. The molecule has 1 spiro atoms. The molecule has 3 aliphatic rings. The highest BCUT2D eigenvalue weighted by molar-refractivity contribution is 5.99. The van der Waals surface area contributed by atoms with Crippen LogP contribution in [0.15, 0.2) is 55.6 Å². The Hall–Kier alpha value is -2.97. The summed E-state index contributed by atoms with van der Waals surface area (Å²) < 4.78 is 6.88. The Morgan fingerprint density at radius 1 is 1.09 bits per heavy atom. The number of rotatable bonds is 16. The molecule has 1 aromatic rings. The van der Waals surface area contributed by atoms with Gasteiger partial charge in [-0.1, -0.05) is 76.1 Å². The number of nitrogens with zero attached hydrogens (tertiary/aromatic N) is 3. The van der Waals surface area contributed by atoms with Gasteiger partial charge in [0.2, 0.25) is 17.7 Å². The van der Waals surface area contributed by atoms with Crippen LogP contribution in [-0.2, 0) is 25.7 Å². The number of aliphatic hydroxyl groups excluding tert-OH is 1. The van der Waals surface area contributed by atoms with Crippen LogP contribution in [0.2, 0.25) is 0 Å². The van der Waals surface area contributed by atoms with Crippen LogP contribution in [0.3, 0.4) is 0 Å². The summed E-state index contributed by atoms with van der Waals surface area (Å²) in [6, 6.07) is 8.31. The van der Waals surface area contributed by atoms with Crippen molar-refractivity contribution < 1.29 is 24.2 Å². The fraction of sp³-hybridized carbons (Fsp3) is 0.629. The van der Waals surface area contributed by atoms with Crippen LogP contribution >= 0.6 is 0 Å². The number of ether oxygens (including phenoxy) is 1. The number of hydrogen-bond acceptors (Lipinski definition) is 5. The molecule has 3 aliphatic heterocycles. The first-order valence-corrected chi connectivity index (χ1v) is 16.0. The van der Waals surface area contributed by atoms with Gasteiger partial charge in [0, 0.05) is 26.2 Å². The maximum absolute atomic E-state index is 14.7. The molecular weight excluding hydrogens is 542 g/mol. The summed E-state index contributed by atoms with van der Waals surface area (Å²) in [4.78, 5) is 48.9. The Kier molecular flexibility index (Phi) is 10.5. The zero-order chi connectivity index (χ0) is 31.4. The molecule has 1 aromatic carbocycles. The Bertz CT molecular complexity index is 1170. The van der Waals surface area contributed by atoms with Crippen LogP contribution in [0.25, 0.3) is 0 Å². The molecule has 8 heteroatoms. The molecular formula is C35H51N3O5. The van der Waals surface area contributed by atoms with E-state index in [1.807, 2.05) is 51.1 Å². The van der Waals surface area contributed by atoms with Crippen LogP contribution in [0.4, 0.5) is 0 Å². The predicted molar refractivity (Wildman–Crippen MR) is 168 cm³/mol. The number of benzene rings is 1. The molecule has 6 atom stereocenters. The number of likely N-dealkylation sites (tertiary alicyclic amines) is 1. The fourth-order valence-corrected chi connectivity index (χ4v) is 7.79. The molecule has 236 valence electrons. The first-order chi connectivity index (χ1) is 20.6. The Morgan fingerprint density at radius 3 is 2.37 bits per heavy atom. The molecule has 8 nitrogen and oxygen atoms in total. The molecule has 3 heterocycles. The number of fused-ring (bicyclic) bond motifs is 1. The molecule has 0 radical (unpaired) electrons. The summed E-state index contributed by atoms with van der Waals surface area (Å²) in [6.07, 6.45) is 7.89. The zero-order valence-electron chi connectivity index (χ0n) is 26.5. The minimum absolute atomic E-state index is 0.158. The molecule has 2 bridgehead atoms. The predicted octanol–water partition coefficient (Wildman–Crippen LogP) is 4.58. The lowest BCUT2D eigenvalue weighted by molar-refractivity contribution is -0.157. The van der Waals surface area contributed by atoms with Crippen molar-refractivity contribution in [2.45, 2.75) is 96.1 Å². The lowest BCUT2D eigenvalue weighted by Crippen LogP contribution is -2.59. The average Bonchev–Trinajstić information content (AvgIpc) is 3.55. The summed E-state index contributed by atoms with van der Waals surface area (Å²) in [5.41, 5.74) is -1.03. The number of amides is 3. The van der Waals surface area contributed by atoms with Gasteiger partial charge in [-0.05, 0) is 44.1 Å². The van der Waals surface area contributed by atoms with Gasteiger partial charge < -0.3 is 24.5 Å². The van der Waals surface area contributed by atoms with E-state index in [-0.39, 0.29) is 30.2 Å². The molecule has 4 rings (SSSR count). The minimum Gasteiger partial charge on any atom is -0.394 e. The molecule has 1 N–H and O–H groups in total. The fourth-order valence-electron chi connectivity index (χ4n) is 7.79. The van der Waals surface area contributed by atoms with Gasteiger partial charge in [-0.3, -0.25) is 14.4 Å². The van der Waals surface area contributed by atoms with Crippen LogP contribution in [0, 0.1) is 17.8 Å². The van der Waals surface area contributed by atoms with Crippen molar-refractivity contribution in [1.82, 2.24) is 14.7 Å². The smallest absolute Gasteiger partial charge is 0.248 e. The average molecular weight is 594 g/mol. The highest BCUT2D eigenvalue weighted by Gasteiger charge is 2.78. The molecule has 0 aromatic heterocycles. The van der Waals surface area contributed by atoms with Gasteiger partial charge in [0.25, 0.3) is 0 Å². The molecule has 2 unspecified atom stereocenters. The highest BCUT2D eigenvalue weighted by atomic mass is 16.5. The molecule has 0 aliphatic carbocycles. The SMILES string of the molecule is C=CCN(CCCCC)C(=O)C1N([C@@H](CO)CC(C)C)C(=O)[C@@H]2[C@@H](C(=O)N(CC=C)Cc3ccccc3)[C@@]3(C)CCC12O3. The topological polar surface area (TPSA) is 90.4 Å². The second-order valence-corrected chi connectivity index (χ2v) is 13.2. The Labute approximate surface area is 257 Å². The summed E-state index contributed by atoms with van der Waals surface area (Å²) in [7, 11) is 0. The number of aliphatic hydroxyl groups is 1. The van der Waals surface area contributed by atoms with Gasteiger partial charge in [0.1, 0.15) is 11.6 Å². The van der Waals surface area contributed by atoms with Gasteiger partial charge in [0.15, 0.2) is 0 Å². The van der Waals surface area contributed by atoms with Crippen LogP contribution in [0.1, 0.15) is 71.8 Å². The summed E-state index contributed by atoms with van der Waals surface area (Å²) in [5, 5.41) is 10.6. The largest absolute Gasteiger partial charge is 0.394 e. The summed E-state index contributed by atoms with van der Waals surface area (Å²) in [5.74, 6) is -1.96. The van der Waals surface area contributed by atoms with Crippen molar-refractivity contribution in [3.05, 3.63) is 61.2 Å². The van der Waals surface area contributed by atoms with Crippen LogP contribution in [-0.4, -0.2) is 87.1 Å². The van der Waals surface area contributed by atoms with Gasteiger partial charge in [-0.25, -0.2) is 0 Å². The molecule has 43 heavy (non-hydrogen) atoms. The third-order valence-electron chi connectivity index (χ3n) is 9.63. The number of hydrogen-bond donors (Lipinski definition) is 1. The van der Waals surface area contributed by atoms with E-state index in [0.717, 1.165) is 24.8 Å². The first-order valence-electron chi connectivity index (χ1n) is 16.0. The van der Waals surface area contributed by atoms with E-state index in [9.17, 15) is 19.5 Å². The van der Waals surface area contributed by atoms with E-state index in [2.05, 4.69) is 20.1 Å². The van der Waals surface area contributed by atoms with E-state index in [1.165, 1.54) is 0 Å². The normalized spacial score (nSPS) is 28.2. The quantitative estimate of drug-likeness (QED) is 0.224. The van der Waals surface area contributed by atoms with E-state index < -0.39 is 35.1 Å². The second kappa shape index (κ2) is 13.8. The van der Waals surface area contributed by atoms with Crippen molar-refractivity contribution in [2.75, 3.05) is 26.2 Å². The van der Waals surface area contributed by atoms with Gasteiger partial charge >= 0.3 is 0 Å². The third kappa shape index (κ3) is 6.18. The van der Waals surface area contributed by atoms with Crippen molar-refractivity contribution in [2.24, 2.45) is 17.8 Å². The van der Waals surface area contributed by atoms with E-state index in [0.29, 0.717) is 45.4 Å². The van der Waals surface area contributed by atoms with E-state index in [4.69, 9.17) is 4.74 Å². The number of carbonyl (C=O) groups excluding carboxylic acids is 3. The van der Waals surface area contributed by atoms with Crippen LogP contribution in [0.5, 0.6) is 0 Å². The third-order valence-corrected chi connectivity index (χ3v) is 9.63. The van der Waals surface area contributed by atoms with Crippen molar-refractivity contribution in [1.29, 1.82) is 0 Å². The number of carbonyl (C=O) groups is 3. The lowest BCUT2D eigenvalue weighted by Gasteiger charge is -2.40. The van der Waals surface area contributed by atoms with Crippen LogP contribution < -0.4 is 0 Å². The lowest BCUT2D eigenvalue weighted by atomic mass is 9.66.